The van der Waals surface area contributed by atoms with Crippen molar-refractivity contribution in [2.75, 3.05) is 13.1 Å². The van der Waals surface area contributed by atoms with E-state index in [9.17, 15) is 0 Å². The Labute approximate surface area is 128 Å². The van der Waals surface area contributed by atoms with Crippen molar-refractivity contribution in [3.05, 3.63) is 34.9 Å². The molecule has 3 atom stereocenters. The molecule has 1 aliphatic carbocycles. The molecule has 1 aromatic carbocycles. The van der Waals surface area contributed by atoms with Crippen molar-refractivity contribution < 1.29 is 0 Å². The van der Waals surface area contributed by atoms with Gasteiger partial charge in [-0.25, -0.2) is 0 Å². The predicted molar refractivity (Wildman–Crippen MR) is 87.0 cm³/mol. The molecule has 0 aliphatic heterocycles. The van der Waals surface area contributed by atoms with Gasteiger partial charge in [0.2, 0.25) is 0 Å². The van der Waals surface area contributed by atoms with E-state index in [4.69, 9.17) is 17.3 Å². The number of benzene rings is 1. The molecule has 0 heterocycles. The molecule has 0 amide bonds. The maximum atomic E-state index is 6.38. The molecule has 1 aliphatic rings. The van der Waals surface area contributed by atoms with Crippen LogP contribution in [0.2, 0.25) is 5.02 Å². The highest BCUT2D eigenvalue weighted by atomic mass is 35.5. The zero-order valence-corrected chi connectivity index (χ0v) is 13.4. The van der Waals surface area contributed by atoms with Crippen LogP contribution in [0.25, 0.3) is 0 Å². The van der Waals surface area contributed by atoms with Crippen molar-refractivity contribution in [2.45, 2.75) is 51.6 Å². The largest absolute Gasteiger partial charge is 0.330 e. The lowest BCUT2D eigenvalue weighted by Crippen LogP contribution is -2.46. The second-order valence-electron chi connectivity index (χ2n) is 5.88. The van der Waals surface area contributed by atoms with Gasteiger partial charge in [-0.15, -0.1) is 0 Å². The van der Waals surface area contributed by atoms with E-state index in [0.717, 1.165) is 18.1 Å². The second kappa shape index (κ2) is 7.44. The Bertz CT molecular complexity index is 421. The number of nitrogens with zero attached hydrogens (tertiary/aromatic N) is 1. The van der Waals surface area contributed by atoms with Crippen LogP contribution in [0.15, 0.2) is 24.3 Å². The molecule has 0 spiro atoms. The summed E-state index contributed by atoms with van der Waals surface area (Å²) in [7, 11) is 0. The highest BCUT2D eigenvalue weighted by molar-refractivity contribution is 6.31. The monoisotopic (exact) mass is 294 g/mol. The van der Waals surface area contributed by atoms with Gasteiger partial charge in [0, 0.05) is 17.1 Å². The molecule has 3 unspecified atom stereocenters. The second-order valence-corrected chi connectivity index (χ2v) is 6.28. The summed E-state index contributed by atoms with van der Waals surface area (Å²) in [5, 5.41) is 0.874. The number of nitrogens with two attached hydrogens (primary N) is 1. The van der Waals surface area contributed by atoms with Crippen LogP contribution in [0, 0.1) is 5.92 Å². The Balaban J connectivity index is 2.20. The van der Waals surface area contributed by atoms with Gasteiger partial charge in [0.05, 0.1) is 0 Å². The van der Waals surface area contributed by atoms with Crippen LogP contribution < -0.4 is 5.73 Å². The molecule has 0 saturated heterocycles. The summed E-state index contributed by atoms with van der Waals surface area (Å²) in [4.78, 5) is 2.60. The highest BCUT2D eigenvalue weighted by Gasteiger charge is 2.31. The van der Waals surface area contributed by atoms with Crippen molar-refractivity contribution >= 4 is 11.6 Å². The van der Waals surface area contributed by atoms with E-state index in [1.807, 2.05) is 12.1 Å². The Morgan fingerprint density at radius 1 is 1.30 bits per heavy atom. The van der Waals surface area contributed by atoms with Crippen LogP contribution in [-0.4, -0.2) is 24.0 Å². The average Bonchev–Trinajstić information content (AvgIpc) is 2.49. The summed E-state index contributed by atoms with van der Waals surface area (Å²) < 4.78 is 0. The van der Waals surface area contributed by atoms with Gasteiger partial charge in [-0.3, -0.25) is 4.90 Å². The molecular weight excluding hydrogens is 268 g/mol. The van der Waals surface area contributed by atoms with E-state index in [2.05, 4.69) is 30.9 Å². The van der Waals surface area contributed by atoms with E-state index < -0.39 is 0 Å². The molecule has 0 aromatic heterocycles. The molecule has 2 N–H and O–H groups in total. The van der Waals surface area contributed by atoms with Crippen molar-refractivity contribution in [2.24, 2.45) is 11.7 Å². The molecule has 2 rings (SSSR count). The van der Waals surface area contributed by atoms with E-state index in [1.54, 1.807) is 0 Å². The summed E-state index contributed by atoms with van der Waals surface area (Å²) in [5.41, 5.74) is 7.24. The SMILES string of the molecule is CCN(C(C)c1ccccc1Cl)C1CCCCC1CN. The van der Waals surface area contributed by atoms with E-state index in [1.165, 1.54) is 31.2 Å². The zero-order chi connectivity index (χ0) is 14.5. The average molecular weight is 295 g/mol. The van der Waals surface area contributed by atoms with Crippen molar-refractivity contribution in [3.8, 4) is 0 Å². The fraction of sp³-hybridized carbons (Fsp3) is 0.647. The van der Waals surface area contributed by atoms with Gasteiger partial charge < -0.3 is 5.73 Å². The summed E-state index contributed by atoms with van der Waals surface area (Å²) in [6.45, 7) is 6.37. The van der Waals surface area contributed by atoms with Crippen LogP contribution in [0.4, 0.5) is 0 Å². The van der Waals surface area contributed by atoms with Crippen molar-refractivity contribution in [3.63, 3.8) is 0 Å². The first-order valence-electron chi connectivity index (χ1n) is 7.89. The van der Waals surface area contributed by atoms with Crippen LogP contribution in [-0.2, 0) is 0 Å². The molecular formula is C17H27ClN2. The summed E-state index contributed by atoms with van der Waals surface area (Å²) in [6, 6.07) is 9.17. The molecule has 1 saturated carbocycles. The van der Waals surface area contributed by atoms with Gasteiger partial charge in [-0.1, -0.05) is 49.6 Å². The molecule has 1 aromatic rings. The fourth-order valence-electron chi connectivity index (χ4n) is 3.69. The molecule has 1 fully saturated rings. The smallest absolute Gasteiger partial charge is 0.0453 e. The highest BCUT2D eigenvalue weighted by Crippen LogP contribution is 2.35. The standard InChI is InChI=1S/C17H27ClN2/c1-3-20(17-11-7-4-8-14(17)12-19)13(2)15-9-5-6-10-16(15)18/h5-6,9-10,13-14,17H,3-4,7-8,11-12,19H2,1-2H3. The summed E-state index contributed by atoms with van der Waals surface area (Å²) in [5.74, 6) is 0.633. The number of hydrogen-bond donors (Lipinski definition) is 1. The van der Waals surface area contributed by atoms with Gasteiger partial charge in [-0.05, 0) is 50.4 Å². The minimum atomic E-state index is 0.353. The third-order valence-corrected chi connectivity index (χ3v) is 5.16. The number of hydrogen-bond acceptors (Lipinski definition) is 2. The number of halogens is 1. The molecule has 0 bridgehead atoms. The fourth-order valence-corrected chi connectivity index (χ4v) is 3.98. The van der Waals surface area contributed by atoms with Gasteiger partial charge in [0.25, 0.3) is 0 Å². The molecule has 3 heteroatoms. The van der Waals surface area contributed by atoms with Crippen LogP contribution in [0.1, 0.15) is 51.1 Å². The Morgan fingerprint density at radius 3 is 2.65 bits per heavy atom. The van der Waals surface area contributed by atoms with E-state index in [-0.39, 0.29) is 0 Å². The van der Waals surface area contributed by atoms with Crippen molar-refractivity contribution in [1.82, 2.24) is 4.90 Å². The zero-order valence-electron chi connectivity index (χ0n) is 12.7. The van der Waals surface area contributed by atoms with Gasteiger partial charge in [-0.2, -0.15) is 0 Å². The summed E-state index contributed by atoms with van der Waals surface area (Å²) >= 11 is 6.38. The third kappa shape index (κ3) is 3.36. The van der Waals surface area contributed by atoms with Gasteiger partial charge >= 0.3 is 0 Å². The summed E-state index contributed by atoms with van der Waals surface area (Å²) in [6.07, 6.45) is 5.20. The maximum absolute atomic E-state index is 6.38. The van der Waals surface area contributed by atoms with Crippen molar-refractivity contribution in [1.29, 1.82) is 0 Å². The van der Waals surface area contributed by atoms with Crippen LogP contribution in [0.3, 0.4) is 0 Å². The molecule has 2 nitrogen and oxygen atoms in total. The first kappa shape index (κ1) is 15.8. The Morgan fingerprint density at radius 2 is 2.00 bits per heavy atom. The van der Waals surface area contributed by atoms with Crippen LogP contribution >= 0.6 is 11.6 Å². The van der Waals surface area contributed by atoms with E-state index in [0.29, 0.717) is 18.0 Å². The minimum Gasteiger partial charge on any atom is -0.330 e. The lowest BCUT2D eigenvalue weighted by atomic mass is 9.82. The van der Waals surface area contributed by atoms with E-state index >= 15 is 0 Å². The predicted octanol–water partition coefficient (Wildman–Crippen LogP) is 4.24. The molecule has 0 radical (unpaired) electrons. The molecule has 112 valence electrons. The van der Waals surface area contributed by atoms with Gasteiger partial charge in [0.15, 0.2) is 0 Å². The van der Waals surface area contributed by atoms with Gasteiger partial charge in [0.1, 0.15) is 0 Å². The molecule has 20 heavy (non-hydrogen) atoms. The topological polar surface area (TPSA) is 29.3 Å². The Kier molecular flexibility index (Phi) is 5.88. The first-order valence-corrected chi connectivity index (χ1v) is 8.27. The maximum Gasteiger partial charge on any atom is 0.0453 e. The third-order valence-electron chi connectivity index (χ3n) is 4.82. The minimum absolute atomic E-state index is 0.353. The lowest BCUT2D eigenvalue weighted by molar-refractivity contribution is 0.0770. The number of rotatable bonds is 5. The first-order chi connectivity index (χ1) is 9.69. The van der Waals surface area contributed by atoms with Crippen LogP contribution in [0.5, 0.6) is 0 Å². The Hall–Kier alpha value is -0.570. The normalized spacial score (nSPS) is 24.9. The quantitative estimate of drug-likeness (QED) is 0.880. The lowest BCUT2D eigenvalue weighted by Gasteiger charge is -2.42.